The zero-order chi connectivity index (χ0) is 35.1. The molecule has 0 spiro atoms. The molecule has 8 aromatic carbocycles. The van der Waals surface area contributed by atoms with Crippen molar-refractivity contribution >= 4 is 128 Å². The van der Waals surface area contributed by atoms with E-state index in [-0.39, 0.29) is 0 Å². The zero-order valence-corrected chi connectivity index (χ0v) is 30.1. The summed E-state index contributed by atoms with van der Waals surface area (Å²) in [4.78, 5) is 12.0. The van der Waals surface area contributed by atoms with E-state index in [1.807, 2.05) is 17.4 Å². The summed E-state index contributed by atoms with van der Waals surface area (Å²) in [6.07, 6.45) is 0. The summed E-state index contributed by atoms with van der Waals surface area (Å²) >= 11 is 3.57. The van der Waals surface area contributed by atoms with Gasteiger partial charge in [-0.25, -0.2) is 9.97 Å². The Morgan fingerprint density at radius 2 is 1.20 bits per heavy atom. The number of aromatic nitrogens is 3. The molecule has 0 radical (unpaired) electrons. The highest BCUT2D eigenvalue weighted by Gasteiger charge is 2.23. The molecule has 6 heteroatoms. The number of fused-ring (bicyclic) bond motifs is 16. The first kappa shape index (κ1) is 28.9. The number of benzene rings is 8. The Hall–Kier alpha value is -6.60. The average molecular weight is 724 g/mol. The number of hydrogen-bond donors (Lipinski definition) is 0. The first-order valence-corrected chi connectivity index (χ1v) is 19.7. The van der Waals surface area contributed by atoms with Gasteiger partial charge in [0.15, 0.2) is 11.6 Å². The molecule has 0 bridgehead atoms. The van der Waals surface area contributed by atoms with Crippen LogP contribution in [-0.4, -0.2) is 14.5 Å². The number of furan rings is 1. The molecular formula is C48H25N3OS2. The van der Waals surface area contributed by atoms with Crippen molar-refractivity contribution in [1.29, 1.82) is 0 Å². The lowest BCUT2D eigenvalue weighted by Crippen LogP contribution is -2.02. The minimum absolute atomic E-state index is 0.725. The monoisotopic (exact) mass is 723 g/mol. The molecule has 0 amide bonds. The summed E-state index contributed by atoms with van der Waals surface area (Å²) in [7, 11) is 0. The summed E-state index contributed by atoms with van der Waals surface area (Å²) < 4.78 is 12.5. The van der Waals surface area contributed by atoms with Crippen LogP contribution in [0.15, 0.2) is 156 Å². The van der Waals surface area contributed by atoms with Gasteiger partial charge in [-0.05, 0) is 70.1 Å². The van der Waals surface area contributed by atoms with Crippen molar-refractivity contribution in [3.05, 3.63) is 152 Å². The van der Waals surface area contributed by atoms with Crippen LogP contribution in [0.4, 0.5) is 0 Å². The van der Waals surface area contributed by atoms with E-state index >= 15 is 0 Å². The van der Waals surface area contributed by atoms with Gasteiger partial charge in [0.25, 0.3) is 0 Å². The van der Waals surface area contributed by atoms with Crippen LogP contribution in [0, 0.1) is 0 Å². The summed E-state index contributed by atoms with van der Waals surface area (Å²) in [5.41, 5.74) is 5.02. The lowest BCUT2D eigenvalue weighted by molar-refractivity contribution is 0.669. The topological polar surface area (TPSA) is 43.9 Å². The molecule has 54 heavy (non-hydrogen) atoms. The van der Waals surface area contributed by atoms with Gasteiger partial charge < -0.3 is 4.42 Å². The van der Waals surface area contributed by atoms with E-state index in [4.69, 9.17) is 14.4 Å². The molecule has 0 fully saturated rings. The van der Waals surface area contributed by atoms with Gasteiger partial charge in [-0.15, -0.1) is 22.7 Å². The van der Waals surface area contributed by atoms with E-state index in [2.05, 4.69) is 150 Å². The van der Waals surface area contributed by atoms with Crippen molar-refractivity contribution in [2.75, 3.05) is 0 Å². The molecule has 0 aliphatic carbocycles. The third-order valence-electron chi connectivity index (χ3n) is 11.2. The lowest BCUT2D eigenvalue weighted by Gasteiger charge is -2.12. The molecule has 250 valence electrons. The zero-order valence-electron chi connectivity index (χ0n) is 28.5. The van der Waals surface area contributed by atoms with Crippen LogP contribution in [0.3, 0.4) is 0 Å². The molecule has 0 saturated heterocycles. The summed E-state index contributed by atoms with van der Waals surface area (Å²) in [6, 6.07) is 54.6. The Bertz CT molecular complexity index is 3750. The molecule has 0 unspecified atom stereocenters. The summed E-state index contributed by atoms with van der Waals surface area (Å²) in [5.74, 6) is 1.62. The molecule has 13 aromatic rings. The highest BCUT2D eigenvalue weighted by molar-refractivity contribution is 7.26. The summed E-state index contributed by atoms with van der Waals surface area (Å²) in [5, 5.41) is 14.2. The number of thiophene rings is 2. The van der Waals surface area contributed by atoms with Gasteiger partial charge in [0, 0.05) is 57.4 Å². The van der Waals surface area contributed by atoms with E-state index in [0.717, 1.165) is 65.8 Å². The van der Waals surface area contributed by atoms with E-state index in [9.17, 15) is 0 Å². The molecule has 0 atom stereocenters. The normalized spacial score (nSPS) is 12.4. The molecule has 0 saturated carbocycles. The van der Waals surface area contributed by atoms with Gasteiger partial charge in [-0.3, -0.25) is 4.57 Å². The van der Waals surface area contributed by atoms with E-state index in [0.29, 0.717) is 0 Å². The maximum atomic E-state index is 6.37. The SMILES string of the molecule is c1ccc2c(c1)ccc1sc3nc(-c4ccc5c(c4)sc4ccccc45)nc(-n4c5ccccc5c5cc6ccc7oc8ccccc8c7c6cc54)c3c12. The van der Waals surface area contributed by atoms with E-state index in [1.165, 1.54) is 57.2 Å². The first-order chi connectivity index (χ1) is 26.7. The Labute approximate surface area is 314 Å². The van der Waals surface area contributed by atoms with Crippen molar-refractivity contribution in [2.45, 2.75) is 0 Å². The fourth-order valence-electron chi connectivity index (χ4n) is 8.82. The van der Waals surface area contributed by atoms with Crippen LogP contribution in [0.25, 0.3) is 123 Å². The van der Waals surface area contributed by atoms with Crippen LogP contribution in [0.2, 0.25) is 0 Å². The molecular weight excluding hydrogens is 699 g/mol. The largest absolute Gasteiger partial charge is 0.456 e. The predicted molar refractivity (Wildman–Crippen MR) is 230 cm³/mol. The maximum absolute atomic E-state index is 6.37. The Balaban J connectivity index is 1.20. The molecule has 5 heterocycles. The van der Waals surface area contributed by atoms with Crippen LogP contribution < -0.4 is 0 Å². The van der Waals surface area contributed by atoms with Gasteiger partial charge >= 0.3 is 0 Å². The fraction of sp³-hybridized carbons (Fsp3) is 0. The molecule has 4 nitrogen and oxygen atoms in total. The van der Waals surface area contributed by atoms with Crippen molar-refractivity contribution in [3.63, 3.8) is 0 Å². The van der Waals surface area contributed by atoms with Crippen LogP contribution in [-0.2, 0) is 0 Å². The number of rotatable bonds is 2. The Kier molecular flexibility index (Phi) is 5.63. The van der Waals surface area contributed by atoms with Crippen LogP contribution in [0.1, 0.15) is 0 Å². The van der Waals surface area contributed by atoms with E-state index in [1.54, 1.807) is 11.3 Å². The van der Waals surface area contributed by atoms with Crippen LogP contribution >= 0.6 is 22.7 Å². The average Bonchev–Trinajstić information content (AvgIpc) is 3.98. The highest BCUT2D eigenvalue weighted by Crippen LogP contribution is 2.45. The number of hydrogen-bond acceptors (Lipinski definition) is 5. The fourth-order valence-corrected chi connectivity index (χ4v) is 11.0. The quantitative estimate of drug-likeness (QED) is 0.178. The standard InChI is InChI=1S/C48H25N3OS2/c1-2-10-29-26(9-1)19-22-41-44(29)45-47(49-46(50-48(45)54-41)28-17-20-32-31-12-5-8-16-40(31)53-42(32)24-28)51-36-14-6-3-11-30(36)35-23-27-18-21-39-43(34(27)25-37(35)51)33-13-4-7-15-38(33)52-39/h1-25H. The van der Waals surface area contributed by atoms with Gasteiger partial charge in [-0.1, -0.05) is 103 Å². The molecule has 13 rings (SSSR count). The number of para-hydroxylation sites is 2. The lowest BCUT2D eigenvalue weighted by atomic mass is 10.0. The van der Waals surface area contributed by atoms with Crippen LogP contribution in [0.5, 0.6) is 0 Å². The van der Waals surface area contributed by atoms with Crippen molar-refractivity contribution < 1.29 is 4.42 Å². The molecule has 0 aliphatic heterocycles. The Morgan fingerprint density at radius 1 is 0.426 bits per heavy atom. The predicted octanol–water partition coefficient (Wildman–Crippen LogP) is 14.2. The minimum atomic E-state index is 0.725. The maximum Gasteiger partial charge on any atom is 0.163 e. The smallest absolute Gasteiger partial charge is 0.163 e. The second-order valence-electron chi connectivity index (χ2n) is 14.1. The van der Waals surface area contributed by atoms with Gasteiger partial charge in [0.05, 0.1) is 16.4 Å². The van der Waals surface area contributed by atoms with Gasteiger partial charge in [0.1, 0.15) is 16.0 Å². The molecule has 0 aliphatic rings. The third kappa shape index (κ3) is 3.85. The van der Waals surface area contributed by atoms with Crippen molar-refractivity contribution in [3.8, 4) is 17.2 Å². The van der Waals surface area contributed by atoms with E-state index < -0.39 is 0 Å². The summed E-state index contributed by atoms with van der Waals surface area (Å²) in [6.45, 7) is 0. The second kappa shape index (κ2) is 10.5. The second-order valence-corrected chi connectivity index (χ2v) is 16.2. The molecule has 5 aromatic heterocycles. The minimum Gasteiger partial charge on any atom is -0.456 e. The number of nitrogens with zero attached hydrogens (tertiary/aromatic N) is 3. The van der Waals surface area contributed by atoms with Gasteiger partial charge in [0.2, 0.25) is 0 Å². The first-order valence-electron chi connectivity index (χ1n) is 18.1. The third-order valence-corrected chi connectivity index (χ3v) is 13.4. The van der Waals surface area contributed by atoms with Crippen molar-refractivity contribution in [2.24, 2.45) is 0 Å². The Morgan fingerprint density at radius 3 is 2.15 bits per heavy atom. The molecule has 0 N–H and O–H groups in total. The van der Waals surface area contributed by atoms with Gasteiger partial charge in [-0.2, -0.15) is 0 Å². The van der Waals surface area contributed by atoms with Crippen molar-refractivity contribution in [1.82, 2.24) is 14.5 Å². The highest BCUT2D eigenvalue weighted by atomic mass is 32.1.